The molecule has 0 saturated carbocycles. The van der Waals surface area contributed by atoms with Crippen LogP contribution in [0.3, 0.4) is 0 Å². The summed E-state index contributed by atoms with van der Waals surface area (Å²) in [6.45, 7) is 3.97. The minimum absolute atomic E-state index is 0.116. The summed E-state index contributed by atoms with van der Waals surface area (Å²) in [4.78, 5) is 0. The van der Waals surface area contributed by atoms with Crippen LogP contribution in [0.1, 0.15) is 31.9 Å². The quantitative estimate of drug-likeness (QED) is 0.767. The summed E-state index contributed by atoms with van der Waals surface area (Å²) in [5, 5.41) is 6.23. The zero-order chi connectivity index (χ0) is 18.9. The molecule has 4 nitrogen and oxygen atoms in total. The van der Waals surface area contributed by atoms with E-state index < -0.39 is 17.2 Å². The summed E-state index contributed by atoms with van der Waals surface area (Å²) in [6.07, 6.45) is 0.667. The Kier molecular flexibility index (Phi) is 5.00. The molecule has 2 N–H and O–H groups in total. The highest BCUT2D eigenvalue weighted by molar-refractivity contribution is 7.80. The fourth-order valence-electron chi connectivity index (χ4n) is 3.00. The van der Waals surface area contributed by atoms with Gasteiger partial charge in [-0.1, -0.05) is 0 Å². The van der Waals surface area contributed by atoms with Gasteiger partial charge in [0, 0.05) is 24.1 Å². The normalized spacial score (nSPS) is 17.7. The fraction of sp³-hybridized carbons (Fsp3) is 0.316. The summed E-state index contributed by atoms with van der Waals surface area (Å²) in [7, 11) is 1.60. The van der Waals surface area contributed by atoms with E-state index in [1.54, 1.807) is 7.11 Å². The Morgan fingerprint density at radius 2 is 2.00 bits per heavy atom. The molecule has 0 saturated heterocycles. The molecule has 1 aliphatic heterocycles. The highest BCUT2D eigenvalue weighted by Crippen LogP contribution is 2.41. The predicted octanol–water partition coefficient (Wildman–Crippen LogP) is 4.56. The largest absolute Gasteiger partial charge is 0.497 e. The summed E-state index contributed by atoms with van der Waals surface area (Å²) < 4.78 is 38.1. The van der Waals surface area contributed by atoms with Gasteiger partial charge >= 0.3 is 0 Å². The maximum absolute atomic E-state index is 13.8. The first-order chi connectivity index (χ1) is 12.3. The van der Waals surface area contributed by atoms with Crippen LogP contribution >= 0.6 is 12.2 Å². The van der Waals surface area contributed by atoms with Crippen LogP contribution in [0, 0.1) is 11.6 Å². The molecular weight excluding hydrogens is 358 g/mol. The van der Waals surface area contributed by atoms with Crippen molar-refractivity contribution in [2.24, 2.45) is 0 Å². The number of anilines is 1. The number of thiocarbonyl (C=S) groups is 1. The lowest BCUT2D eigenvalue weighted by Crippen LogP contribution is -2.42. The van der Waals surface area contributed by atoms with Gasteiger partial charge in [-0.05, 0) is 50.3 Å². The van der Waals surface area contributed by atoms with Crippen LogP contribution in [0.5, 0.6) is 11.5 Å². The number of fused-ring (bicyclic) bond motifs is 1. The van der Waals surface area contributed by atoms with Crippen molar-refractivity contribution in [3.8, 4) is 11.5 Å². The summed E-state index contributed by atoms with van der Waals surface area (Å²) in [5.74, 6) is 0.0794. The SMILES string of the molecule is COc1ccc2c(c1)OC(C)(C)C[C@H]2NC(=S)Nc1ccc(F)cc1F. The molecule has 2 aromatic rings. The van der Waals surface area contributed by atoms with Gasteiger partial charge in [0.05, 0.1) is 18.8 Å². The maximum atomic E-state index is 13.8. The summed E-state index contributed by atoms with van der Waals surface area (Å²) in [6, 6.07) is 8.78. The lowest BCUT2D eigenvalue weighted by Gasteiger charge is -2.38. The second kappa shape index (κ2) is 7.07. The lowest BCUT2D eigenvalue weighted by atomic mass is 9.89. The highest BCUT2D eigenvalue weighted by atomic mass is 32.1. The first-order valence-corrected chi connectivity index (χ1v) is 8.58. The molecular formula is C19H20F2N2O2S. The van der Waals surface area contributed by atoms with Gasteiger partial charge in [0.1, 0.15) is 28.7 Å². The molecule has 1 atom stereocenters. The number of nitrogens with one attached hydrogen (secondary N) is 2. The van der Waals surface area contributed by atoms with E-state index in [0.717, 1.165) is 11.6 Å². The Morgan fingerprint density at radius 1 is 1.23 bits per heavy atom. The van der Waals surface area contributed by atoms with E-state index in [-0.39, 0.29) is 16.8 Å². The third-order valence-electron chi connectivity index (χ3n) is 4.16. The first-order valence-electron chi connectivity index (χ1n) is 8.17. The van der Waals surface area contributed by atoms with Crippen LogP contribution in [0.2, 0.25) is 0 Å². The monoisotopic (exact) mass is 378 g/mol. The van der Waals surface area contributed by atoms with E-state index >= 15 is 0 Å². The molecule has 0 bridgehead atoms. The first kappa shape index (κ1) is 18.4. The van der Waals surface area contributed by atoms with E-state index in [1.807, 2.05) is 32.0 Å². The molecule has 0 radical (unpaired) electrons. The molecule has 1 heterocycles. The summed E-state index contributed by atoms with van der Waals surface area (Å²) in [5.41, 5.74) is 0.646. The minimum atomic E-state index is -0.702. The molecule has 2 aromatic carbocycles. The smallest absolute Gasteiger partial charge is 0.171 e. The Morgan fingerprint density at radius 3 is 2.69 bits per heavy atom. The molecule has 1 aliphatic rings. The van der Waals surface area contributed by atoms with Gasteiger partial charge in [0.25, 0.3) is 0 Å². The maximum Gasteiger partial charge on any atom is 0.171 e. The second-order valence-corrected chi connectivity index (χ2v) is 7.15. The second-order valence-electron chi connectivity index (χ2n) is 6.74. The number of rotatable bonds is 3. The zero-order valence-electron chi connectivity index (χ0n) is 14.7. The van der Waals surface area contributed by atoms with Gasteiger partial charge in [0.15, 0.2) is 5.11 Å². The van der Waals surface area contributed by atoms with Crippen molar-refractivity contribution >= 4 is 23.0 Å². The molecule has 3 rings (SSSR count). The van der Waals surface area contributed by atoms with Crippen molar-refractivity contribution in [3.05, 3.63) is 53.6 Å². The molecule has 0 aromatic heterocycles. The third-order valence-corrected chi connectivity index (χ3v) is 4.38. The van der Waals surface area contributed by atoms with Crippen LogP contribution in [0.25, 0.3) is 0 Å². The number of halogens is 2. The molecule has 0 aliphatic carbocycles. The molecule has 0 unspecified atom stereocenters. The van der Waals surface area contributed by atoms with E-state index in [4.69, 9.17) is 21.7 Å². The van der Waals surface area contributed by atoms with Gasteiger partial charge in [0.2, 0.25) is 0 Å². The number of ether oxygens (including phenoxy) is 2. The molecule has 0 fully saturated rings. The Bertz CT molecular complexity index is 842. The Labute approximate surface area is 156 Å². The molecule has 7 heteroatoms. The molecule has 0 spiro atoms. The number of hydrogen-bond donors (Lipinski definition) is 2. The number of methoxy groups -OCH3 is 1. The van der Waals surface area contributed by atoms with Crippen molar-refractivity contribution in [1.82, 2.24) is 5.32 Å². The zero-order valence-corrected chi connectivity index (χ0v) is 15.5. The average molecular weight is 378 g/mol. The van der Waals surface area contributed by atoms with E-state index in [1.165, 1.54) is 12.1 Å². The van der Waals surface area contributed by atoms with Gasteiger partial charge in [-0.15, -0.1) is 0 Å². The average Bonchev–Trinajstić information content (AvgIpc) is 2.55. The molecule has 138 valence electrons. The van der Waals surface area contributed by atoms with Gasteiger partial charge in [-0.25, -0.2) is 8.78 Å². The van der Waals surface area contributed by atoms with E-state index in [2.05, 4.69) is 10.6 Å². The van der Waals surface area contributed by atoms with Crippen molar-refractivity contribution in [3.63, 3.8) is 0 Å². The minimum Gasteiger partial charge on any atom is -0.497 e. The lowest BCUT2D eigenvalue weighted by molar-refractivity contribution is 0.0693. The van der Waals surface area contributed by atoms with Crippen molar-refractivity contribution in [1.29, 1.82) is 0 Å². The highest BCUT2D eigenvalue weighted by Gasteiger charge is 2.34. The van der Waals surface area contributed by atoms with E-state index in [9.17, 15) is 8.78 Å². The van der Waals surface area contributed by atoms with Crippen molar-refractivity contribution < 1.29 is 18.3 Å². The fourth-order valence-corrected chi connectivity index (χ4v) is 3.25. The van der Waals surface area contributed by atoms with Crippen LogP contribution in [0.15, 0.2) is 36.4 Å². The van der Waals surface area contributed by atoms with Crippen LogP contribution in [-0.4, -0.2) is 17.8 Å². The Balaban J connectivity index is 1.79. The van der Waals surface area contributed by atoms with Gasteiger partial charge in [-0.2, -0.15) is 0 Å². The van der Waals surface area contributed by atoms with E-state index in [0.29, 0.717) is 17.9 Å². The third kappa shape index (κ3) is 4.04. The van der Waals surface area contributed by atoms with Crippen LogP contribution in [-0.2, 0) is 0 Å². The number of hydrogen-bond acceptors (Lipinski definition) is 3. The Hall–Kier alpha value is -2.41. The standard InChI is InChI=1S/C19H20F2N2O2S/c1-19(2)10-16(13-6-5-12(24-3)9-17(13)25-19)23-18(26)22-15-7-4-11(20)8-14(15)21/h4-9,16H,10H2,1-3H3,(H2,22,23,26)/t16-/m1/s1. The van der Waals surface area contributed by atoms with Crippen LogP contribution < -0.4 is 20.1 Å². The summed E-state index contributed by atoms with van der Waals surface area (Å²) >= 11 is 5.31. The predicted molar refractivity (Wildman–Crippen MR) is 101 cm³/mol. The molecule has 0 amide bonds. The van der Waals surface area contributed by atoms with Crippen molar-refractivity contribution in [2.75, 3.05) is 12.4 Å². The van der Waals surface area contributed by atoms with Crippen LogP contribution in [0.4, 0.5) is 14.5 Å². The van der Waals surface area contributed by atoms with Gasteiger partial charge < -0.3 is 20.1 Å². The topological polar surface area (TPSA) is 42.5 Å². The number of benzene rings is 2. The molecule has 26 heavy (non-hydrogen) atoms. The van der Waals surface area contributed by atoms with Crippen molar-refractivity contribution in [2.45, 2.75) is 31.9 Å². The van der Waals surface area contributed by atoms with Gasteiger partial charge in [-0.3, -0.25) is 0 Å².